The average molecular weight is 257 g/mol. The number of benzene rings is 1. The first-order valence-electron chi connectivity index (χ1n) is 5.67. The van der Waals surface area contributed by atoms with Gasteiger partial charge in [-0.15, -0.1) is 0 Å². The van der Waals surface area contributed by atoms with Crippen molar-refractivity contribution in [1.82, 2.24) is 4.98 Å². The van der Waals surface area contributed by atoms with Gasteiger partial charge in [-0.05, 0) is 43.2 Å². The van der Waals surface area contributed by atoms with E-state index in [4.69, 9.17) is 18.0 Å². The molecule has 2 rings (SSSR count). The predicted molar refractivity (Wildman–Crippen MR) is 79.3 cm³/mol. The Hall–Kier alpha value is -1.94. The van der Waals surface area contributed by atoms with Crippen LogP contribution in [0, 0.1) is 13.8 Å². The van der Waals surface area contributed by atoms with Crippen LogP contribution < -0.4 is 11.1 Å². The van der Waals surface area contributed by atoms with Crippen LogP contribution in [0.3, 0.4) is 0 Å². The number of aryl methyl sites for hydroxylation is 2. The molecule has 4 heteroatoms. The largest absolute Gasteiger partial charge is 0.389 e. The van der Waals surface area contributed by atoms with E-state index in [2.05, 4.69) is 10.3 Å². The molecule has 1 aromatic carbocycles. The van der Waals surface area contributed by atoms with Crippen LogP contribution in [-0.4, -0.2) is 9.97 Å². The van der Waals surface area contributed by atoms with Gasteiger partial charge in [0.1, 0.15) is 10.8 Å². The molecule has 18 heavy (non-hydrogen) atoms. The van der Waals surface area contributed by atoms with E-state index >= 15 is 0 Å². The highest BCUT2D eigenvalue weighted by atomic mass is 32.1. The molecule has 0 atom stereocenters. The molecule has 1 aromatic heterocycles. The fourth-order valence-electron chi connectivity index (χ4n) is 1.82. The number of nitrogens with zero attached hydrogens (tertiary/aromatic N) is 1. The summed E-state index contributed by atoms with van der Waals surface area (Å²) in [6.45, 7) is 4.01. The number of hydrogen-bond donors (Lipinski definition) is 2. The van der Waals surface area contributed by atoms with Crippen LogP contribution in [-0.2, 0) is 0 Å². The lowest BCUT2D eigenvalue weighted by Crippen LogP contribution is -2.14. The van der Waals surface area contributed by atoms with Crippen LogP contribution in [0.25, 0.3) is 0 Å². The Morgan fingerprint density at radius 2 is 2.06 bits per heavy atom. The number of nitrogens with one attached hydrogen (secondary N) is 1. The Kier molecular flexibility index (Phi) is 3.58. The lowest BCUT2D eigenvalue weighted by Gasteiger charge is -2.12. The summed E-state index contributed by atoms with van der Waals surface area (Å²) in [6.07, 6.45) is 1.75. The number of rotatable bonds is 3. The average Bonchev–Trinajstić information content (AvgIpc) is 2.28. The summed E-state index contributed by atoms with van der Waals surface area (Å²) in [5, 5.41) is 3.26. The van der Waals surface area contributed by atoms with Crippen molar-refractivity contribution in [1.29, 1.82) is 0 Å². The molecule has 2 aromatic rings. The lowest BCUT2D eigenvalue weighted by molar-refractivity contribution is 1.26. The summed E-state index contributed by atoms with van der Waals surface area (Å²) < 4.78 is 0. The van der Waals surface area contributed by atoms with Crippen LogP contribution in [0.4, 0.5) is 11.5 Å². The third-order valence-corrected chi connectivity index (χ3v) is 2.89. The van der Waals surface area contributed by atoms with Crippen molar-refractivity contribution in [2.75, 3.05) is 5.32 Å². The van der Waals surface area contributed by atoms with E-state index < -0.39 is 0 Å². The molecule has 0 aliphatic heterocycles. The molecule has 1 heterocycles. The molecule has 0 bridgehead atoms. The minimum Gasteiger partial charge on any atom is -0.389 e. The number of pyridine rings is 1. The second-order valence-electron chi connectivity index (χ2n) is 4.21. The predicted octanol–water partition coefficient (Wildman–Crippen LogP) is 3.08. The Morgan fingerprint density at radius 3 is 2.72 bits per heavy atom. The van der Waals surface area contributed by atoms with Gasteiger partial charge in [-0.25, -0.2) is 4.98 Å². The molecule has 0 fully saturated rings. The maximum Gasteiger partial charge on any atom is 0.140 e. The third-order valence-electron chi connectivity index (χ3n) is 2.69. The number of aromatic nitrogens is 1. The summed E-state index contributed by atoms with van der Waals surface area (Å²) >= 11 is 5.08. The fourth-order valence-corrected chi connectivity index (χ4v) is 2.08. The minimum atomic E-state index is 0.357. The maximum atomic E-state index is 5.75. The van der Waals surface area contributed by atoms with Crippen molar-refractivity contribution >= 4 is 28.7 Å². The highest BCUT2D eigenvalue weighted by molar-refractivity contribution is 7.80. The Labute approximate surface area is 112 Å². The Bertz CT molecular complexity index is 593. The maximum absolute atomic E-state index is 5.75. The van der Waals surface area contributed by atoms with Crippen molar-refractivity contribution in [3.8, 4) is 0 Å². The molecule has 3 N–H and O–H groups in total. The van der Waals surface area contributed by atoms with Gasteiger partial charge in [-0.2, -0.15) is 0 Å². The molecule has 0 unspecified atom stereocenters. The first-order chi connectivity index (χ1) is 8.58. The number of hydrogen-bond acceptors (Lipinski definition) is 3. The topological polar surface area (TPSA) is 50.9 Å². The van der Waals surface area contributed by atoms with Crippen molar-refractivity contribution in [2.45, 2.75) is 13.8 Å². The van der Waals surface area contributed by atoms with Gasteiger partial charge in [0.25, 0.3) is 0 Å². The van der Waals surface area contributed by atoms with E-state index in [9.17, 15) is 0 Å². The smallest absolute Gasteiger partial charge is 0.140 e. The fraction of sp³-hybridized carbons (Fsp3) is 0.143. The summed E-state index contributed by atoms with van der Waals surface area (Å²) in [4.78, 5) is 4.66. The van der Waals surface area contributed by atoms with Gasteiger partial charge >= 0.3 is 0 Å². The monoisotopic (exact) mass is 257 g/mol. The Morgan fingerprint density at radius 1 is 1.28 bits per heavy atom. The van der Waals surface area contributed by atoms with Gasteiger partial charge < -0.3 is 11.1 Å². The molecule has 0 saturated carbocycles. The van der Waals surface area contributed by atoms with Crippen LogP contribution in [0.2, 0.25) is 0 Å². The van der Waals surface area contributed by atoms with Gasteiger partial charge in [0.05, 0.1) is 5.56 Å². The highest BCUT2D eigenvalue weighted by Gasteiger charge is 2.09. The van der Waals surface area contributed by atoms with Crippen LogP contribution in [0.15, 0.2) is 36.5 Å². The third kappa shape index (κ3) is 2.65. The number of thiocarbonyl (C=S) groups is 1. The van der Waals surface area contributed by atoms with Gasteiger partial charge in [0.15, 0.2) is 0 Å². The molecular weight excluding hydrogens is 242 g/mol. The van der Waals surface area contributed by atoms with Gasteiger partial charge in [0, 0.05) is 11.9 Å². The zero-order chi connectivity index (χ0) is 13.1. The standard InChI is InChI=1S/C14H15N3S/c1-9-4-3-5-11(8-9)17-14-12(13(15)18)10(2)6-7-16-14/h3-8H,1-2H3,(H2,15,18)(H,16,17). The molecule has 0 aliphatic rings. The summed E-state index contributed by atoms with van der Waals surface area (Å²) in [7, 11) is 0. The summed E-state index contributed by atoms with van der Waals surface area (Å²) in [6, 6.07) is 9.97. The lowest BCUT2D eigenvalue weighted by atomic mass is 10.1. The van der Waals surface area contributed by atoms with Crippen molar-refractivity contribution in [3.63, 3.8) is 0 Å². The number of nitrogens with two attached hydrogens (primary N) is 1. The highest BCUT2D eigenvalue weighted by Crippen LogP contribution is 2.21. The van der Waals surface area contributed by atoms with Gasteiger partial charge in [0.2, 0.25) is 0 Å². The molecule has 92 valence electrons. The van der Waals surface area contributed by atoms with Crippen molar-refractivity contribution in [3.05, 3.63) is 53.2 Å². The van der Waals surface area contributed by atoms with E-state index in [1.807, 2.05) is 44.2 Å². The van der Waals surface area contributed by atoms with Crippen LogP contribution >= 0.6 is 12.2 Å². The molecule has 0 aliphatic carbocycles. The second kappa shape index (κ2) is 5.14. The quantitative estimate of drug-likeness (QED) is 0.830. The normalized spacial score (nSPS) is 10.1. The van der Waals surface area contributed by atoms with Gasteiger partial charge in [-0.1, -0.05) is 24.4 Å². The van der Waals surface area contributed by atoms with Crippen molar-refractivity contribution < 1.29 is 0 Å². The van der Waals surface area contributed by atoms with E-state index in [0.717, 1.165) is 16.8 Å². The van der Waals surface area contributed by atoms with E-state index in [-0.39, 0.29) is 0 Å². The summed E-state index contributed by atoms with van der Waals surface area (Å²) in [5.74, 6) is 0.702. The molecular formula is C14H15N3S. The molecule has 0 amide bonds. The SMILES string of the molecule is Cc1cccc(Nc2nccc(C)c2C(N)=S)c1. The van der Waals surface area contributed by atoms with Gasteiger partial charge in [-0.3, -0.25) is 0 Å². The molecule has 0 radical (unpaired) electrons. The van der Waals surface area contributed by atoms with E-state index in [1.54, 1.807) is 6.20 Å². The van der Waals surface area contributed by atoms with E-state index in [0.29, 0.717) is 10.8 Å². The Balaban J connectivity index is 2.40. The number of anilines is 2. The molecule has 0 spiro atoms. The van der Waals surface area contributed by atoms with Crippen LogP contribution in [0.1, 0.15) is 16.7 Å². The molecule has 0 saturated heterocycles. The van der Waals surface area contributed by atoms with Crippen LogP contribution in [0.5, 0.6) is 0 Å². The minimum absolute atomic E-state index is 0.357. The first-order valence-corrected chi connectivity index (χ1v) is 6.08. The summed E-state index contributed by atoms with van der Waals surface area (Å²) in [5.41, 5.74) is 9.73. The zero-order valence-corrected chi connectivity index (χ0v) is 11.2. The molecule has 3 nitrogen and oxygen atoms in total. The zero-order valence-electron chi connectivity index (χ0n) is 10.4. The second-order valence-corrected chi connectivity index (χ2v) is 4.65. The van der Waals surface area contributed by atoms with Crippen molar-refractivity contribution in [2.24, 2.45) is 5.73 Å². The van der Waals surface area contributed by atoms with E-state index in [1.165, 1.54) is 5.56 Å². The first kappa shape index (κ1) is 12.5.